The van der Waals surface area contributed by atoms with Gasteiger partial charge in [0.05, 0.1) is 6.10 Å². The maximum atomic E-state index is 12.6. The molecule has 0 spiro atoms. The summed E-state index contributed by atoms with van der Waals surface area (Å²) in [6, 6.07) is 19.1. The lowest BCUT2D eigenvalue weighted by Gasteiger charge is -2.12. The zero-order valence-corrected chi connectivity index (χ0v) is 17.4. The molecular weight excluding hydrogens is 396 g/mol. The largest absolute Gasteiger partial charge is 0.491 e. The summed E-state index contributed by atoms with van der Waals surface area (Å²) in [7, 11) is 0. The van der Waals surface area contributed by atoms with E-state index in [1.807, 2.05) is 48.7 Å². The molecule has 0 saturated carbocycles. The Morgan fingerprint density at radius 2 is 2.07 bits per heavy atom. The first-order valence-electron chi connectivity index (χ1n) is 10.0. The second kappa shape index (κ2) is 10.3. The van der Waals surface area contributed by atoms with Gasteiger partial charge in [-0.1, -0.05) is 12.1 Å². The second-order valence-corrected chi connectivity index (χ2v) is 8.15. The van der Waals surface area contributed by atoms with E-state index in [0.717, 1.165) is 35.8 Å². The summed E-state index contributed by atoms with van der Waals surface area (Å²) >= 11 is 1.74. The minimum atomic E-state index is -0.159. The maximum absolute atomic E-state index is 12.6. The number of carbonyl (C=O) groups excluding carboxylic acids is 1. The fraction of sp³-hybridized carbons (Fsp3) is 0.250. The van der Waals surface area contributed by atoms with E-state index in [1.165, 1.54) is 5.56 Å². The van der Waals surface area contributed by atoms with E-state index >= 15 is 0 Å². The quantitative estimate of drug-likeness (QED) is 0.509. The molecule has 1 saturated heterocycles. The average molecular weight is 421 g/mol. The number of rotatable bonds is 8. The molecule has 154 valence electrons. The zero-order valence-electron chi connectivity index (χ0n) is 16.6. The molecule has 2 heterocycles. The first-order valence-corrected chi connectivity index (χ1v) is 11.0. The van der Waals surface area contributed by atoms with E-state index in [1.54, 1.807) is 30.1 Å². The highest BCUT2D eigenvalue weighted by atomic mass is 32.2. The van der Waals surface area contributed by atoms with Gasteiger partial charge in [0.15, 0.2) is 0 Å². The van der Waals surface area contributed by atoms with Crippen molar-refractivity contribution in [1.29, 1.82) is 0 Å². The average Bonchev–Trinajstić information content (AvgIpc) is 3.32. The number of amides is 1. The Bertz CT molecular complexity index is 958. The lowest BCUT2D eigenvalue weighted by Crippen LogP contribution is -2.17. The number of thioether (sulfide) groups is 1. The Balaban J connectivity index is 1.30. The van der Waals surface area contributed by atoms with Crippen LogP contribution < -0.4 is 10.1 Å². The highest BCUT2D eigenvalue weighted by molar-refractivity contribution is 7.98. The van der Waals surface area contributed by atoms with Gasteiger partial charge in [-0.2, -0.15) is 0 Å². The Hall–Kier alpha value is -2.83. The number of aromatic nitrogens is 1. The van der Waals surface area contributed by atoms with Crippen molar-refractivity contribution < 1.29 is 14.3 Å². The minimum absolute atomic E-state index is 0.150. The first kappa shape index (κ1) is 20.4. The monoisotopic (exact) mass is 420 g/mol. The lowest BCUT2D eigenvalue weighted by molar-refractivity contribution is 0.0679. The van der Waals surface area contributed by atoms with Gasteiger partial charge in [-0.25, -0.2) is 0 Å². The van der Waals surface area contributed by atoms with Gasteiger partial charge < -0.3 is 14.8 Å². The normalized spacial score (nSPS) is 15.7. The molecule has 1 aromatic heterocycles. The Kier molecular flexibility index (Phi) is 7.00. The number of hydrogen-bond donors (Lipinski definition) is 1. The molecule has 1 N–H and O–H groups in total. The Morgan fingerprint density at radius 1 is 1.17 bits per heavy atom. The standard InChI is InChI=1S/C24H24N2O3S/c27-24(19-5-1-6-21(14-19)29-16-22-7-3-13-28-22)26-20-8-10-23(11-9-20)30-17-18-4-2-12-25-15-18/h1-2,4-6,8-12,14-15,22H,3,7,13,16-17H2,(H,26,27). The minimum Gasteiger partial charge on any atom is -0.491 e. The smallest absolute Gasteiger partial charge is 0.255 e. The number of carbonyl (C=O) groups is 1. The van der Waals surface area contributed by atoms with Crippen LogP contribution in [0.5, 0.6) is 5.75 Å². The summed E-state index contributed by atoms with van der Waals surface area (Å²) in [6.07, 6.45) is 5.91. The number of ether oxygens (including phenoxy) is 2. The number of pyridine rings is 1. The molecule has 5 nitrogen and oxygen atoms in total. The first-order chi connectivity index (χ1) is 14.8. The second-order valence-electron chi connectivity index (χ2n) is 7.10. The van der Waals surface area contributed by atoms with Crippen molar-refractivity contribution in [3.63, 3.8) is 0 Å². The molecule has 30 heavy (non-hydrogen) atoms. The third kappa shape index (κ3) is 5.84. The van der Waals surface area contributed by atoms with Gasteiger partial charge >= 0.3 is 0 Å². The number of nitrogens with one attached hydrogen (secondary N) is 1. The van der Waals surface area contributed by atoms with Crippen molar-refractivity contribution in [3.8, 4) is 5.75 Å². The summed E-state index contributed by atoms with van der Waals surface area (Å²) in [5.74, 6) is 1.38. The molecule has 1 atom stereocenters. The molecule has 1 unspecified atom stereocenters. The topological polar surface area (TPSA) is 60.5 Å². The number of anilines is 1. The molecule has 6 heteroatoms. The number of nitrogens with zero attached hydrogens (tertiary/aromatic N) is 1. The van der Waals surface area contributed by atoms with Crippen LogP contribution in [0.4, 0.5) is 5.69 Å². The molecule has 0 bridgehead atoms. The van der Waals surface area contributed by atoms with Crippen LogP contribution in [0.3, 0.4) is 0 Å². The summed E-state index contributed by atoms with van der Waals surface area (Å²) in [6.45, 7) is 1.32. The fourth-order valence-corrected chi connectivity index (χ4v) is 4.01. The molecule has 0 radical (unpaired) electrons. The molecule has 1 fully saturated rings. The molecule has 4 rings (SSSR count). The molecule has 1 aliphatic rings. The summed E-state index contributed by atoms with van der Waals surface area (Å²) in [5.41, 5.74) is 2.51. The van der Waals surface area contributed by atoms with Crippen LogP contribution in [0.2, 0.25) is 0 Å². The van der Waals surface area contributed by atoms with Crippen LogP contribution in [-0.4, -0.2) is 30.2 Å². The van der Waals surface area contributed by atoms with Gasteiger partial charge in [0.2, 0.25) is 0 Å². The van der Waals surface area contributed by atoms with Crippen molar-refractivity contribution in [2.45, 2.75) is 29.6 Å². The third-order valence-electron chi connectivity index (χ3n) is 4.80. The van der Waals surface area contributed by atoms with Crippen LogP contribution in [-0.2, 0) is 10.5 Å². The zero-order chi connectivity index (χ0) is 20.6. The summed E-state index contributed by atoms with van der Waals surface area (Å²) in [4.78, 5) is 17.9. The predicted molar refractivity (Wildman–Crippen MR) is 119 cm³/mol. The van der Waals surface area contributed by atoms with Gasteiger partial charge in [-0.15, -0.1) is 11.8 Å². The molecule has 2 aromatic carbocycles. The van der Waals surface area contributed by atoms with Crippen LogP contribution in [0, 0.1) is 0 Å². The lowest BCUT2D eigenvalue weighted by atomic mass is 10.2. The van der Waals surface area contributed by atoms with Crippen molar-refractivity contribution in [1.82, 2.24) is 4.98 Å². The van der Waals surface area contributed by atoms with Crippen molar-refractivity contribution >= 4 is 23.4 Å². The van der Waals surface area contributed by atoms with Crippen molar-refractivity contribution in [3.05, 3.63) is 84.2 Å². The molecular formula is C24H24N2O3S. The third-order valence-corrected chi connectivity index (χ3v) is 5.88. The van der Waals surface area contributed by atoms with Gasteiger partial charge in [0.1, 0.15) is 12.4 Å². The highest BCUT2D eigenvalue weighted by Gasteiger charge is 2.16. The van der Waals surface area contributed by atoms with Gasteiger partial charge in [0, 0.05) is 40.9 Å². The SMILES string of the molecule is O=C(Nc1ccc(SCc2cccnc2)cc1)c1cccc(OCC2CCCO2)c1. The highest BCUT2D eigenvalue weighted by Crippen LogP contribution is 2.24. The van der Waals surface area contributed by atoms with E-state index in [4.69, 9.17) is 9.47 Å². The van der Waals surface area contributed by atoms with E-state index in [0.29, 0.717) is 17.9 Å². The van der Waals surface area contributed by atoms with Gasteiger partial charge in [-0.3, -0.25) is 9.78 Å². The summed E-state index contributed by atoms with van der Waals surface area (Å²) in [5, 5.41) is 2.95. The fourth-order valence-electron chi connectivity index (χ4n) is 3.18. The summed E-state index contributed by atoms with van der Waals surface area (Å²) < 4.78 is 11.4. The van der Waals surface area contributed by atoms with E-state index < -0.39 is 0 Å². The van der Waals surface area contributed by atoms with Crippen molar-refractivity contribution in [2.24, 2.45) is 0 Å². The molecule has 1 amide bonds. The van der Waals surface area contributed by atoms with Gasteiger partial charge in [0.25, 0.3) is 5.91 Å². The van der Waals surface area contributed by atoms with Gasteiger partial charge in [-0.05, 0) is 66.9 Å². The Labute approximate surface area is 180 Å². The number of hydrogen-bond acceptors (Lipinski definition) is 5. The molecule has 1 aliphatic heterocycles. The molecule has 0 aliphatic carbocycles. The number of benzene rings is 2. The van der Waals surface area contributed by atoms with Crippen LogP contribution in [0.15, 0.2) is 78.0 Å². The van der Waals surface area contributed by atoms with E-state index in [-0.39, 0.29) is 12.0 Å². The Morgan fingerprint density at radius 3 is 2.83 bits per heavy atom. The van der Waals surface area contributed by atoms with E-state index in [2.05, 4.69) is 16.4 Å². The van der Waals surface area contributed by atoms with Crippen LogP contribution in [0.25, 0.3) is 0 Å². The van der Waals surface area contributed by atoms with Crippen molar-refractivity contribution in [2.75, 3.05) is 18.5 Å². The predicted octanol–water partition coefficient (Wildman–Crippen LogP) is 5.18. The maximum Gasteiger partial charge on any atom is 0.255 e. The molecule has 3 aromatic rings. The van der Waals surface area contributed by atoms with Crippen LogP contribution >= 0.6 is 11.8 Å². The van der Waals surface area contributed by atoms with Crippen LogP contribution in [0.1, 0.15) is 28.8 Å². The van der Waals surface area contributed by atoms with E-state index in [9.17, 15) is 4.79 Å².